The van der Waals surface area contributed by atoms with Gasteiger partial charge in [-0.05, 0) is 48.6 Å². The molecule has 1 heterocycles. The zero-order valence-electron chi connectivity index (χ0n) is 12.5. The maximum atomic E-state index is 12.6. The van der Waals surface area contributed by atoms with Gasteiger partial charge in [-0.25, -0.2) is 4.79 Å². The number of hydrogen-bond donors (Lipinski definition) is 1. The number of rotatable bonds is 7. The highest BCUT2D eigenvalue weighted by atomic mass is 32.1. The summed E-state index contributed by atoms with van der Waals surface area (Å²) in [6, 6.07) is 10.2. The standard InChI is InChI=1S/C17H19NO3S/c1-2-10-18(11-9-15-4-3-12-22-15)16(19)13-5-7-14(8-6-13)17(20)21/h3-8,12H,2,9-11H2,1H3,(H,20,21). The number of carbonyl (C=O) groups excluding carboxylic acids is 1. The maximum absolute atomic E-state index is 12.6. The second-order valence-corrected chi connectivity index (χ2v) is 6.04. The molecular weight excluding hydrogens is 298 g/mol. The number of aromatic carboxylic acids is 1. The van der Waals surface area contributed by atoms with E-state index < -0.39 is 5.97 Å². The van der Waals surface area contributed by atoms with Crippen LogP contribution in [0.3, 0.4) is 0 Å². The Hall–Kier alpha value is -2.14. The Morgan fingerprint density at radius 3 is 2.32 bits per heavy atom. The van der Waals surface area contributed by atoms with Gasteiger partial charge in [-0.2, -0.15) is 0 Å². The SMILES string of the molecule is CCCN(CCc1cccs1)C(=O)c1ccc(C(=O)O)cc1. The maximum Gasteiger partial charge on any atom is 0.335 e. The minimum atomic E-state index is -0.984. The van der Waals surface area contributed by atoms with Gasteiger partial charge >= 0.3 is 5.97 Å². The van der Waals surface area contributed by atoms with Crippen LogP contribution in [0.5, 0.6) is 0 Å². The van der Waals surface area contributed by atoms with Crippen molar-refractivity contribution < 1.29 is 14.7 Å². The number of thiophene rings is 1. The molecule has 0 bridgehead atoms. The molecular formula is C17H19NO3S. The van der Waals surface area contributed by atoms with Crippen LogP contribution < -0.4 is 0 Å². The molecule has 0 atom stereocenters. The van der Waals surface area contributed by atoms with Gasteiger partial charge in [0.15, 0.2) is 0 Å². The minimum absolute atomic E-state index is 0.0460. The summed E-state index contributed by atoms with van der Waals surface area (Å²) in [7, 11) is 0. The summed E-state index contributed by atoms with van der Waals surface area (Å²) in [4.78, 5) is 26.5. The number of nitrogens with zero attached hydrogens (tertiary/aromatic N) is 1. The molecule has 5 heteroatoms. The molecule has 1 amide bonds. The third kappa shape index (κ3) is 4.18. The van der Waals surface area contributed by atoms with Crippen molar-refractivity contribution in [1.82, 2.24) is 4.90 Å². The third-order valence-corrected chi connectivity index (χ3v) is 4.30. The van der Waals surface area contributed by atoms with Crippen LogP contribution in [0.25, 0.3) is 0 Å². The van der Waals surface area contributed by atoms with E-state index in [9.17, 15) is 9.59 Å². The molecule has 0 radical (unpaired) electrons. The number of amides is 1. The van der Waals surface area contributed by atoms with Gasteiger partial charge in [0, 0.05) is 23.5 Å². The van der Waals surface area contributed by atoms with E-state index in [-0.39, 0.29) is 11.5 Å². The number of carbonyl (C=O) groups is 2. The number of benzene rings is 1. The van der Waals surface area contributed by atoms with Gasteiger partial charge in [0.05, 0.1) is 5.56 Å². The lowest BCUT2D eigenvalue weighted by atomic mass is 10.1. The lowest BCUT2D eigenvalue weighted by molar-refractivity contribution is 0.0694. The number of carboxylic acid groups (broad SMARTS) is 1. The van der Waals surface area contributed by atoms with Crippen LogP contribution >= 0.6 is 11.3 Å². The summed E-state index contributed by atoms with van der Waals surface area (Å²) in [6.07, 6.45) is 1.74. The van der Waals surface area contributed by atoms with Gasteiger partial charge in [-0.1, -0.05) is 13.0 Å². The summed E-state index contributed by atoms with van der Waals surface area (Å²) in [5, 5.41) is 10.9. The second kappa shape index (κ2) is 7.75. The van der Waals surface area contributed by atoms with Crippen molar-refractivity contribution in [3.63, 3.8) is 0 Å². The topological polar surface area (TPSA) is 57.6 Å². The molecule has 1 aromatic carbocycles. The quantitative estimate of drug-likeness (QED) is 0.849. The van der Waals surface area contributed by atoms with Crippen molar-refractivity contribution in [1.29, 1.82) is 0 Å². The second-order valence-electron chi connectivity index (χ2n) is 5.00. The average molecular weight is 317 g/mol. The van der Waals surface area contributed by atoms with Gasteiger partial charge in [-0.3, -0.25) is 4.79 Å². The Balaban J connectivity index is 2.06. The van der Waals surface area contributed by atoms with Crippen molar-refractivity contribution in [2.45, 2.75) is 19.8 Å². The Labute approximate surface area is 134 Å². The molecule has 0 aliphatic heterocycles. The number of hydrogen-bond acceptors (Lipinski definition) is 3. The summed E-state index contributed by atoms with van der Waals surface area (Å²) >= 11 is 1.69. The summed E-state index contributed by atoms with van der Waals surface area (Å²) in [6.45, 7) is 3.41. The number of carboxylic acids is 1. The molecule has 0 aliphatic carbocycles. The lowest BCUT2D eigenvalue weighted by Gasteiger charge is -2.22. The van der Waals surface area contributed by atoms with E-state index in [1.54, 1.807) is 23.5 Å². The largest absolute Gasteiger partial charge is 0.478 e. The van der Waals surface area contributed by atoms with Crippen molar-refractivity contribution in [3.8, 4) is 0 Å². The Morgan fingerprint density at radius 2 is 1.77 bits per heavy atom. The summed E-state index contributed by atoms with van der Waals surface area (Å²) in [5.74, 6) is -1.03. The normalized spacial score (nSPS) is 10.4. The van der Waals surface area contributed by atoms with Crippen molar-refractivity contribution in [3.05, 3.63) is 57.8 Å². The fraction of sp³-hybridized carbons (Fsp3) is 0.294. The minimum Gasteiger partial charge on any atom is -0.478 e. The van der Waals surface area contributed by atoms with E-state index in [0.29, 0.717) is 18.7 Å². The molecule has 0 spiro atoms. The fourth-order valence-electron chi connectivity index (χ4n) is 2.22. The van der Waals surface area contributed by atoms with Gasteiger partial charge in [-0.15, -0.1) is 11.3 Å². The van der Waals surface area contributed by atoms with Crippen LogP contribution in [0, 0.1) is 0 Å². The smallest absolute Gasteiger partial charge is 0.335 e. The van der Waals surface area contributed by atoms with Gasteiger partial charge in [0.25, 0.3) is 5.91 Å². The molecule has 1 N–H and O–H groups in total. The van der Waals surface area contributed by atoms with E-state index in [1.165, 1.54) is 17.0 Å². The van der Waals surface area contributed by atoms with E-state index in [1.807, 2.05) is 23.3 Å². The van der Waals surface area contributed by atoms with Crippen LogP contribution in [-0.2, 0) is 6.42 Å². The summed E-state index contributed by atoms with van der Waals surface area (Å²) in [5.41, 5.74) is 0.724. The van der Waals surface area contributed by atoms with Gasteiger partial charge in [0.2, 0.25) is 0 Å². The van der Waals surface area contributed by atoms with Crippen LogP contribution in [0.1, 0.15) is 38.9 Å². The molecule has 0 fully saturated rings. The van der Waals surface area contributed by atoms with Gasteiger partial charge in [0.1, 0.15) is 0 Å². The zero-order valence-corrected chi connectivity index (χ0v) is 13.3. The van der Waals surface area contributed by atoms with Crippen molar-refractivity contribution in [2.75, 3.05) is 13.1 Å². The van der Waals surface area contributed by atoms with Crippen molar-refractivity contribution >= 4 is 23.2 Å². The molecule has 2 rings (SSSR count). The van der Waals surface area contributed by atoms with E-state index >= 15 is 0 Å². The zero-order chi connectivity index (χ0) is 15.9. The van der Waals surface area contributed by atoms with E-state index in [2.05, 4.69) is 6.07 Å². The monoisotopic (exact) mass is 317 g/mol. The Morgan fingerprint density at radius 1 is 1.09 bits per heavy atom. The molecule has 2 aromatic rings. The Kier molecular flexibility index (Phi) is 5.72. The first-order chi connectivity index (χ1) is 10.6. The van der Waals surface area contributed by atoms with Crippen LogP contribution in [0.15, 0.2) is 41.8 Å². The predicted molar refractivity (Wildman–Crippen MR) is 87.6 cm³/mol. The molecule has 0 unspecified atom stereocenters. The molecule has 0 saturated carbocycles. The fourth-order valence-corrected chi connectivity index (χ4v) is 2.92. The van der Waals surface area contributed by atoms with Crippen LogP contribution in [0.2, 0.25) is 0 Å². The highest BCUT2D eigenvalue weighted by Crippen LogP contribution is 2.13. The highest BCUT2D eigenvalue weighted by Gasteiger charge is 2.15. The molecule has 1 aromatic heterocycles. The molecule has 0 saturated heterocycles. The van der Waals surface area contributed by atoms with Crippen molar-refractivity contribution in [2.24, 2.45) is 0 Å². The van der Waals surface area contributed by atoms with Crippen LogP contribution in [-0.4, -0.2) is 35.0 Å². The predicted octanol–water partition coefficient (Wildman–Crippen LogP) is 3.54. The first kappa shape index (κ1) is 16.2. The molecule has 4 nitrogen and oxygen atoms in total. The van der Waals surface area contributed by atoms with Gasteiger partial charge < -0.3 is 10.0 Å². The average Bonchev–Trinajstić information content (AvgIpc) is 3.04. The first-order valence-corrected chi connectivity index (χ1v) is 8.14. The van der Waals surface area contributed by atoms with E-state index in [4.69, 9.17) is 5.11 Å². The van der Waals surface area contributed by atoms with E-state index in [0.717, 1.165) is 12.8 Å². The summed E-state index contributed by atoms with van der Waals surface area (Å²) < 4.78 is 0. The highest BCUT2D eigenvalue weighted by molar-refractivity contribution is 7.09. The lowest BCUT2D eigenvalue weighted by Crippen LogP contribution is -2.33. The van der Waals surface area contributed by atoms with Crippen LogP contribution in [0.4, 0.5) is 0 Å². The molecule has 116 valence electrons. The third-order valence-electron chi connectivity index (χ3n) is 3.37. The molecule has 0 aliphatic rings. The first-order valence-electron chi connectivity index (χ1n) is 7.27. The molecule has 22 heavy (non-hydrogen) atoms. The Bertz CT molecular complexity index is 620.